The number of anilines is 1. The molecule has 2 rings (SSSR count). The summed E-state index contributed by atoms with van der Waals surface area (Å²) in [5, 5.41) is 3.29. The summed E-state index contributed by atoms with van der Waals surface area (Å²) < 4.78 is 5.73. The molecule has 0 saturated heterocycles. The van der Waals surface area contributed by atoms with Gasteiger partial charge in [0.15, 0.2) is 0 Å². The molecule has 0 spiro atoms. The van der Waals surface area contributed by atoms with Crippen LogP contribution in [0.5, 0.6) is 0 Å². The maximum atomic E-state index is 5.73. The van der Waals surface area contributed by atoms with Gasteiger partial charge in [-0.1, -0.05) is 26.2 Å². The highest BCUT2D eigenvalue weighted by atomic mass is 16.5. The monoisotopic (exact) mass is 248 g/mol. The Morgan fingerprint density at radius 2 is 2.33 bits per heavy atom. The van der Waals surface area contributed by atoms with Crippen molar-refractivity contribution in [1.29, 1.82) is 0 Å². The third kappa shape index (κ3) is 4.30. The molecule has 3 heteroatoms. The van der Waals surface area contributed by atoms with E-state index in [1.54, 1.807) is 0 Å². The molecule has 0 unspecified atom stereocenters. The molecule has 1 aliphatic rings. The first-order chi connectivity index (χ1) is 8.88. The number of nitrogens with one attached hydrogen (secondary N) is 1. The zero-order valence-electron chi connectivity index (χ0n) is 11.3. The maximum Gasteiger partial charge on any atom is 0.126 e. The van der Waals surface area contributed by atoms with Crippen molar-refractivity contribution in [3.8, 4) is 0 Å². The van der Waals surface area contributed by atoms with Gasteiger partial charge in [0.1, 0.15) is 5.82 Å². The third-order valence-corrected chi connectivity index (χ3v) is 3.54. The van der Waals surface area contributed by atoms with E-state index in [0.29, 0.717) is 6.61 Å². The zero-order valence-corrected chi connectivity index (χ0v) is 11.3. The van der Waals surface area contributed by atoms with Gasteiger partial charge in [0.2, 0.25) is 0 Å². The van der Waals surface area contributed by atoms with E-state index in [4.69, 9.17) is 4.74 Å². The predicted molar refractivity (Wildman–Crippen MR) is 74.6 cm³/mol. The van der Waals surface area contributed by atoms with Crippen LogP contribution in [0.3, 0.4) is 0 Å². The smallest absolute Gasteiger partial charge is 0.126 e. The van der Waals surface area contributed by atoms with Gasteiger partial charge in [-0.15, -0.1) is 0 Å². The lowest BCUT2D eigenvalue weighted by molar-refractivity contribution is 0.0950. The Hall–Kier alpha value is -1.09. The van der Waals surface area contributed by atoms with E-state index in [0.717, 1.165) is 31.3 Å². The Bertz CT molecular complexity index is 350. The van der Waals surface area contributed by atoms with E-state index < -0.39 is 0 Å². The minimum atomic E-state index is 0.704. The second-order valence-corrected chi connectivity index (χ2v) is 5.11. The fourth-order valence-corrected chi connectivity index (χ4v) is 2.14. The van der Waals surface area contributed by atoms with Gasteiger partial charge < -0.3 is 10.1 Å². The lowest BCUT2D eigenvalue weighted by atomic mass is 9.83. The number of nitrogens with zero attached hydrogens (tertiary/aromatic N) is 1. The molecule has 3 nitrogen and oxygen atoms in total. The van der Waals surface area contributed by atoms with Crippen molar-refractivity contribution in [2.45, 2.75) is 45.6 Å². The number of ether oxygens (including phenoxy) is 1. The van der Waals surface area contributed by atoms with Gasteiger partial charge >= 0.3 is 0 Å². The van der Waals surface area contributed by atoms with Crippen LogP contribution in [0.25, 0.3) is 0 Å². The Labute approximate surface area is 110 Å². The largest absolute Gasteiger partial charge is 0.377 e. The Balaban J connectivity index is 1.67. The quantitative estimate of drug-likeness (QED) is 0.714. The summed E-state index contributed by atoms with van der Waals surface area (Å²) in [7, 11) is 0. The molecule has 1 fully saturated rings. The van der Waals surface area contributed by atoms with Crippen molar-refractivity contribution in [3.05, 3.63) is 23.9 Å². The van der Waals surface area contributed by atoms with E-state index in [1.165, 1.54) is 31.2 Å². The second kappa shape index (κ2) is 7.37. The molecule has 0 radical (unpaired) electrons. The molecule has 1 N–H and O–H groups in total. The molecule has 100 valence electrons. The van der Waals surface area contributed by atoms with Crippen molar-refractivity contribution in [2.75, 3.05) is 18.5 Å². The SMILES string of the molecule is CCCNc1cc(COCCC2CCC2)ccn1. The molecule has 1 aliphatic carbocycles. The van der Waals surface area contributed by atoms with Gasteiger partial charge in [-0.2, -0.15) is 0 Å². The summed E-state index contributed by atoms with van der Waals surface area (Å²) >= 11 is 0. The molecular weight excluding hydrogens is 224 g/mol. The molecule has 0 aliphatic heterocycles. The van der Waals surface area contributed by atoms with Crippen LogP contribution in [-0.4, -0.2) is 18.1 Å². The van der Waals surface area contributed by atoms with Crippen molar-refractivity contribution in [1.82, 2.24) is 4.98 Å². The van der Waals surface area contributed by atoms with Crippen molar-refractivity contribution < 1.29 is 4.74 Å². The highest BCUT2D eigenvalue weighted by Crippen LogP contribution is 2.29. The van der Waals surface area contributed by atoms with Gasteiger partial charge in [0.05, 0.1) is 6.61 Å². The van der Waals surface area contributed by atoms with Crippen LogP contribution in [-0.2, 0) is 11.3 Å². The average molecular weight is 248 g/mol. The maximum absolute atomic E-state index is 5.73. The average Bonchev–Trinajstić information content (AvgIpc) is 2.34. The molecule has 1 saturated carbocycles. The molecule has 0 amide bonds. The first-order valence-electron chi connectivity index (χ1n) is 7.15. The molecular formula is C15H24N2O. The summed E-state index contributed by atoms with van der Waals surface area (Å²) in [6, 6.07) is 4.11. The van der Waals surface area contributed by atoms with Crippen molar-refractivity contribution in [3.63, 3.8) is 0 Å². The molecule has 1 aromatic heterocycles. The van der Waals surface area contributed by atoms with Gasteiger partial charge in [-0.25, -0.2) is 4.98 Å². The summed E-state index contributed by atoms with van der Waals surface area (Å²) in [6.07, 6.45) is 8.42. The number of aromatic nitrogens is 1. The van der Waals surface area contributed by atoms with E-state index in [-0.39, 0.29) is 0 Å². The second-order valence-electron chi connectivity index (χ2n) is 5.11. The lowest BCUT2D eigenvalue weighted by Crippen LogP contribution is -2.13. The van der Waals surface area contributed by atoms with Crippen LogP contribution in [0.2, 0.25) is 0 Å². The van der Waals surface area contributed by atoms with Crippen LogP contribution in [0.15, 0.2) is 18.3 Å². The Morgan fingerprint density at radius 3 is 3.06 bits per heavy atom. The summed E-state index contributed by atoms with van der Waals surface area (Å²) in [4.78, 5) is 4.29. The van der Waals surface area contributed by atoms with Crippen molar-refractivity contribution in [2.24, 2.45) is 5.92 Å². The molecule has 0 bridgehead atoms. The number of hydrogen-bond acceptors (Lipinski definition) is 3. The topological polar surface area (TPSA) is 34.1 Å². The van der Waals surface area contributed by atoms with Crippen LogP contribution >= 0.6 is 0 Å². The molecule has 18 heavy (non-hydrogen) atoms. The fourth-order valence-electron chi connectivity index (χ4n) is 2.14. The molecule has 0 aromatic carbocycles. The lowest BCUT2D eigenvalue weighted by Gasteiger charge is -2.24. The normalized spacial score (nSPS) is 15.4. The first-order valence-corrected chi connectivity index (χ1v) is 7.15. The van der Waals surface area contributed by atoms with Gasteiger partial charge in [-0.05, 0) is 36.5 Å². The van der Waals surface area contributed by atoms with Gasteiger partial charge in [-0.3, -0.25) is 0 Å². The minimum Gasteiger partial charge on any atom is -0.377 e. The summed E-state index contributed by atoms with van der Waals surface area (Å²) in [6.45, 7) is 4.72. The van der Waals surface area contributed by atoms with Crippen LogP contribution in [0, 0.1) is 5.92 Å². The van der Waals surface area contributed by atoms with E-state index in [1.807, 2.05) is 12.3 Å². The number of hydrogen-bond donors (Lipinski definition) is 1. The number of rotatable bonds is 8. The third-order valence-electron chi connectivity index (χ3n) is 3.54. The number of pyridine rings is 1. The van der Waals surface area contributed by atoms with Gasteiger partial charge in [0, 0.05) is 19.3 Å². The van der Waals surface area contributed by atoms with E-state index in [9.17, 15) is 0 Å². The van der Waals surface area contributed by atoms with E-state index >= 15 is 0 Å². The van der Waals surface area contributed by atoms with E-state index in [2.05, 4.69) is 23.3 Å². The highest BCUT2D eigenvalue weighted by molar-refractivity contribution is 5.37. The highest BCUT2D eigenvalue weighted by Gasteiger charge is 2.16. The molecule has 1 heterocycles. The standard InChI is InChI=1S/C15H24N2O/c1-2-8-16-15-11-14(6-9-17-15)12-18-10-7-13-4-3-5-13/h6,9,11,13H,2-5,7-8,10,12H2,1H3,(H,16,17). The first kappa shape index (κ1) is 13.3. The molecule has 0 atom stereocenters. The Kier molecular flexibility index (Phi) is 5.46. The van der Waals surface area contributed by atoms with Gasteiger partial charge in [0.25, 0.3) is 0 Å². The van der Waals surface area contributed by atoms with Crippen LogP contribution < -0.4 is 5.32 Å². The predicted octanol–water partition coefficient (Wildman–Crippen LogP) is 3.61. The summed E-state index contributed by atoms with van der Waals surface area (Å²) in [5.41, 5.74) is 1.21. The zero-order chi connectivity index (χ0) is 12.6. The molecule has 1 aromatic rings. The van der Waals surface area contributed by atoms with Crippen molar-refractivity contribution >= 4 is 5.82 Å². The Morgan fingerprint density at radius 1 is 1.44 bits per heavy atom. The minimum absolute atomic E-state index is 0.704. The fraction of sp³-hybridized carbons (Fsp3) is 0.667. The van der Waals surface area contributed by atoms with Crippen LogP contribution in [0.4, 0.5) is 5.82 Å². The summed E-state index contributed by atoms with van der Waals surface area (Å²) in [5.74, 6) is 1.89. The van der Waals surface area contributed by atoms with Crippen LogP contribution in [0.1, 0.15) is 44.6 Å².